The number of anilines is 1. The second-order valence-corrected chi connectivity index (χ2v) is 10.1. The van der Waals surface area contributed by atoms with Crippen molar-refractivity contribution in [2.24, 2.45) is 0 Å². The number of aromatic nitrogens is 1. The molecule has 0 fully saturated rings. The van der Waals surface area contributed by atoms with Gasteiger partial charge in [0.15, 0.2) is 18.9 Å². The molecule has 0 bridgehead atoms. The number of hydrogen-bond donors (Lipinski definition) is 0. The van der Waals surface area contributed by atoms with Crippen molar-refractivity contribution >= 4 is 17.8 Å². The van der Waals surface area contributed by atoms with Crippen LogP contribution in [0.2, 0.25) is 0 Å². The highest BCUT2D eigenvalue weighted by molar-refractivity contribution is 5.70. The molecule has 0 unspecified atom stereocenters. The van der Waals surface area contributed by atoms with Gasteiger partial charge in [-0.25, -0.2) is 4.57 Å². The Kier molecular flexibility index (Phi) is 16.7. The van der Waals surface area contributed by atoms with Crippen LogP contribution in [0.3, 0.4) is 0 Å². The maximum atomic E-state index is 2.58. The largest absolute Gasteiger partial charge is 1.00 e. The van der Waals surface area contributed by atoms with Crippen molar-refractivity contribution in [3.63, 3.8) is 0 Å². The Labute approximate surface area is 233 Å². The van der Waals surface area contributed by atoms with E-state index >= 15 is 0 Å². The molecule has 0 aliphatic rings. The van der Waals surface area contributed by atoms with Gasteiger partial charge in [0.25, 0.3) is 0 Å². The van der Waals surface area contributed by atoms with Crippen molar-refractivity contribution in [1.29, 1.82) is 0 Å². The Balaban J connectivity index is 0.00000648. The number of unbranched alkanes of at least 4 members (excludes halogenated alkanes) is 4. The lowest BCUT2D eigenvalue weighted by atomic mass is 10.1. The molecular formula is C32H53BrN3+. The Morgan fingerprint density at radius 3 is 1.64 bits per heavy atom. The Morgan fingerprint density at radius 1 is 0.667 bits per heavy atom. The van der Waals surface area contributed by atoms with Crippen molar-refractivity contribution in [3.8, 4) is 0 Å². The maximum Gasteiger partial charge on any atom is 0.169 e. The zero-order valence-corrected chi connectivity index (χ0v) is 25.5. The standard InChI is InChI=1S/C32H53N3.BrH/c1-6-11-13-25-34(26-14-12-7-2)32-20-18-30(19-21-32)16-17-31-22-27-33(28-23-31)24-15-29-35(8-3,9-4)10-5;/h16-23,27-28H,6-15,24-26,29H2,1-5H3;1H/q+2;/p-1. The number of benzene rings is 1. The number of pyridine rings is 1. The van der Waals surface area contributed by atoms with Gasteiger partial charge in [-0.1, -0.05) is 63.8 Å². The maximum absolute atomic E-state index is 2.58. The van der Waals surface area contributed by atoms with Gasteiger partial charge in [0, 0.05) is 30.9 Å². The van der Waals surface area contributed by atoms with Crippen LogP contribution in [0, 0.1) is 0 Å². The fourth-order valence-corrected chi connectivity index (χ4v) is 4.93. The number of hydrogen-bond acceptors (Lipinski definition) is 1. The molecule has 36 heavy (non-hydrogen) atoms. The Morgan fingerprint density at radius 2 is 1.17 bits per heavy atom. The molecule has 4 heteroatoms. The van der Waals surface area contributed by atoms with E-state index in [-0.39, 0.29) is 17.0 Å². The molecule has 0 saturated heterocycles. The second kappa shape index (κ2) is 18.6. The monoisotopic (exact) mass is 558 g/mol. The smallest absolute Gasteiger partial charge is 0.169 e. The first kappa shape index (κ1) is 32.4. The molecule has 3 nitrogen and oxygen atoms in total. The van der Waals surface area contributed by atoms with Crippen LogP contribution >= 0.6 is 0 Å². The summed E-state index contributed by atoms with van der Waals surface area (Å²) in [4.78, 5) is 2.58. The molecule has 1 aromatic heterocycles. The van der Waals surface area contributed by atoms with Gasteiger partial charge < -0.3 is 26.4 Å². The fourth-order valence-electron chi connectivity index (χ4n) is 4.93. The van der Waals surface area contributed by atoms with Crippen LogP contribution in [0.5, 0.6) is 0 Å². The van der Waals surface area contributed by atoms with Gasteiger partial charge in [0.05, 0.1) is 32.6 Å². The average molecular weight is 560 g/mol. The van der Waals surface area contributed by atoms with Crippen LogP contribution in [-0.4, -0.2) is 43.8 Å². The van der Waals surface area contributed by atoms with E-state index in [4.69, 9.17) is 0 Å². The molecule has 202 valence electrons. The Bertz CT molecular complexity index is 807. The molecular weight excluding hydrogens is 506 g/mol. The molecule has 2 rings (SSSR count). The van der Waals surface area contributed by atoms with Crippen LogP contribution in [0.4, 0.5) is 5.69 Å². The average Bonchev–Trinajstić information content (AvgIpc) is 2.90. The Hall–Kier alpha value is -1.65. The van der Waals surface area contributed by atoms with Crippen molar-refractivity contribution < 1.29 is 26.0 Å². The van der Waals surface area contributed by atoms with Gasteiger partial charge in [0.1, 0.15) is 0 Å². The minimum atomic E-state index is 0. The summed E-state index contributed by atoms with van der Waals surface area (Å²) in [6.07, 6.45) is 17.9. The molecule has 2 aromatic rings. The molecule has 0 N–H and O–H groups in total. The number of quaternary nitrogens is 1. The summed E-state index contributed by atoms with van der Waals surface area (Å²) in [6.45, 7) is 20.0. The number of nitrogens with zero attached hydrogens (tertiary/aromatic N) is 3. The van der Waals surface area contributed by atoms with Crippen molar-refractivity contribution in [1.82, 2.24) is 0 Å². The van der Waals surface area contributed by atoms with Gasteiger partial charge in [0.2, 0.25) is 0 Å². The predicted octanol–water partition coefficient (Wildman–Crippen LogP) is 4.60. The highest BCUT2D eigenvalue weighted by Crippen LogP contribution is 2.19. The van der Waals surface area contributed by atoms with Gasteiger partial charge in [-0.3, -0.25) is 0 Å². The molecule has 0 aliphatic heterocycles. The van der Waals surface area contributed by atoms with Gasteiger partial charge in [-0.2, -0.15) is 0 Å². The summed E-state index contributed by atoms with van der Waals surface area (Å²) in [6, 6.07) is 13.6. The number of rotatable bonds is 18. The summed E-state index contributed by atoms with van der Waals surface area (Å²) in [5.41, 5.74) is 3.89. The highest BCUT2D eigenvalue weighted by atomic mass is 79.9. The molecule has 0 aliphatic carbocycles. The third-order valence-electron chi connectivity index (χ3n) is 7.77. The van der Waals surface area contributed by atoms with E-state index in [9.17, 15) is 0 Å². The lowest BCUT2D eigenvalue weighted by Crippen LogP contribution is -3.00. The van der Waals surface area contributed by atoms with Crippen LogP contribution in [0.15, 0.2) is 48.8 Å². The van der Waals surface area contributed by atoms with Gasteiger partial charge in [-0.15, -0.1) is 0 Å². The fraction of sp³-hybridized carbons (Fsp3) is 0.594. The number of aryl methyl sites for hydroxylation is 1. The van der Waals surface area contributed by atoms with E-state index in [1.165, 1.54) is 106 Å². The van der Waals surface area contributed by atoms with Crippen molar-refractivity contribution in [2.75, 3.05) is 44.2 Å². The van der Waals surface area contributed by atoms with Crippen LogP contribution in [0.25, 0.3) is 12.2 Å². The van der Waals surface area contributed by atoms with E-state index < -0.39 is 0 Å². The summed E-state index contributed by atoms with van der Waals surface area (Å²) in [5, 5.41) is 0. The number of halogens is 1. The van der Waals surface area contributed by atoms with Crippen molar-refractivity contribution in [3.05, 3.63) is 59.9 Å². The molecule has 0 amide bonds. The first-order chi connectivity index (χ1) is 17.1. The third-order valence-corrected chi connectivity index (χ3v) is 7.77. The molecule has 0 atom stereocenters. The van der Waals surface area contributed by atoms with E-state index in [0.29, 0.717) is 0 Å². The molecule has 1 heterocycles. The highest BCUT2D eigenvalue weighted by Gasteiger charge is 2.20. The molecule has 1 aromatic carbocycles. The van der Waals surface area contributed by atoms with Crippen LogP contribution < -0.4 is 26.4 Å². The van der Waals surface area contributed by atoms with E-state index in [1.807, 2.05) is 0 Å². The lowest BCUT2D eigenvalue weighted by Gasteiger charge is -2.35. The molecule has 0 spiro atoms. The lowest BCUT2D eigenvalue weighted by molar-refractivity contribution is -0.925. The topological polar surface area (TPSA) is 7.12 Å². The van der Waals surface area contributed by atoms with Crippen LogP contribution in [-0.2, 0) is 6.54 Å². The quantitative estimate of drug-likeness (QED) is 0.147. The predicted molar refractivity (Wildman–Crippen MR) is 155 cm³/mol. The molecule has 0 saturated carbocycles. The summed E-state index contributed by atoms with van der Waals surface area (Å²) < 4.78 is 3.56. The summed E-state index contributed by atoms with van der Waals surface area (Å²) >= 11 is 0. The molecule has 0 radical (unpaired) electrons. The first-order valence-corrected chi connectivity index (χ1v) is 14.5. The van der Waals surface area contributed by atoms with E-state index in [0.717, 1.165) is 6.54 Å². The normalized spacial score (nSPS) is 11.6. The minimum absolute atomic E-state index is 0. The third kappa shape index (κ3) is 11.2. The summed E-state index contributed by atoms with van der Waals surface area (Å²) in [7, 11) is 0. The zero-order chi connectivity index (χ0) is 25.4. The summed E-state index contributed by atoms with van der Waals surface area (Å²) in [5.74, 6) is 0. The SMILES string of the molecule is CCCCCN(CCCCC)c1ccc(C=Cc2cc[n+](CCC[N+](CC)(CC)CC)cc2)cc1.[Br-]. The van der Waals surface area contributed by atoms with Gasteiger partial charge in [-0.05, 0) is 56.9 Å². The van der Waals surface area contributed by atoms with E-state index in [1.54, 1.807) is 0 Å². The van der Waals surface area contributed by atoms with E-state index in [2.05, 4.69) is 105 Å². The minimum Gasteiger partial charge on any atom is -1.00 e. The second-order valence-electron chi connectivity index (χ2n) is 10.1. The van der Waals surface area contributed by atoms with Gasteiger partial charge >= 0.3 is 0 Å². The van der Waals surface area contributed by atoms with Crippen LogP contribution in [0.1, 0.15) is 90.7 Å². The first-order valence-electron chi connectivity index (χ1n) is 14.5. The zero-order valence-electron chi connectivity index (χ0n) is 23.9. The van der Waals surface area contributed by atoms with Crippen molar-refractivity contribution in [2.45, 2.75) is 86.1 Å².